The Morgan fingerprint density at radius 3 is 2.80 bits per heavy atom. The molecule has 0 saturated heterocycles. The first kappa shape index (κ1) is 9.28. The predicted molar refractivity (Wildman–Crippen MR) is 44.8 cm³/mol. The second-order valence-electron chi connectivity index (χ2n) is 2.15. The van der Waals surface area contributed by atoms with E-state index in [9.17, 15) is 0 Å². The highest BCUT2D eigenvalue weighted by molar-refractivity contribution is 4.82. The Morgan fingerprint density at radius 1 is 1.60 bits per heavy atom. The van der Waals surface area contributed by atoms with Crippen LogP contribution in [0.2, 0.25) is 0 Å². The minimum absolute atomic E-state index is 0.729. The summed E-state index contributed by atoms with van der Waals surface area (Å²) in [5.41, 5.74) is 0. The van der Waals surface area contributed by atoms with Crippen LogP contribution in [0.15, 0.2) is 25.0 Å². The van der Waals surface area contributed by atoms with Gasteiger partial charge in [-0.3, -0.25) is 0 Å². The van der Waals surface area contributed by atoms with Crippen molar-refractivity contribution in [2.24, 2.45) is 0 Å². The molecule has 0 fully saturated rings. The third-order valence-corrected chi connectivity index (χ3v) is 1.21. The number of ether oxygens (including phenoxy) is 1. The van der Waals surface area contributed by atoms with Crippen LogP contribution in [0.1, 0.15) is 26.2 Å². The van der Waals surface area contributed by atoms with Gasteiger partial charge in [0.25, 0.3) is 0 Å². The maximum absolute atomic E-state index is 5.16. The fourth-order valence-corrected chi connectivity index (χ4v) is 0.720. The van der Waals surface area contributed by atoms with Crippen molar-refractivity contribution in [2.45, 2.75) is 26.2 Å². The largest absolute Gasteiger partial charge is 0.499 e. The molecule has 0 heterocycles. The van der Waals surface area contributed by atoms with Crippen LogP contribution < -0.4 is 0 Å². The first-order chi connectivity index (χ1) is 4.81. The Morgan fingerprint density at radius 2 is 2.30 bits per heavy atom. The lowest BCUT2D eigenvalue weighted by atomic mass is 10.2. The van der Waals surface area contributed by atoms with Crippen molar-refractivity contribution >= 4 is 0 Å². The molecule has 0 aliphatic carbocycles. The van der Waals surface area contributed by atoms with E-state index in [1.807, 2.05) is 13.0 Å². The summed E-state index contributed by atoms with van der Waals surface area (Å²) in [7, 11) is 0. The number of unbranched alkanes of at least 4 members (excludes halogenated alkanes) is 1. The maximum atomic E-state index is 5.16. The van der Waals surface area contributed by atoms with E-state index in [1.165, 1.54) is 0 Å². The van der Waals surface area contributed by atoms with Gasteiger partial charge in [0.2, 0.25) is 0 Å². The molecule has 10 heavy (non-hydrogen) atoms. The second kappa shape index (κ2) is 6.40. The zero-order valence-electron chi connectivity index (χ0n) is 6.73. The van der Waals surface area contributed by atoms with Gasteiger partial charge in [-0.25, -0.2) is 0 Å². The number of hydrogen-bond acceptors (Lipinski definition) is 1. The van der Waals surface area contributed by atoms with E-state index in [0.717, 1.165) is 31.6 Å². The molecule has 0 spiro atoms. The minimum atomic E-state index is 0.729. The highest BCUT2D eigenvalue weighted by Gasteiger charge is 1.90. The van der Waals surface area contributed by atoms with E-state index < -0.39 is 0 Å². The molecule has 0 aromatic carbocycles. The van der Waals surface area contributed by atoms with Crippen molar-refractivity contribution in [1.82, 2.24) is 0 Å². The summed E-state index contributed by atoms with van der Waals surface area (Å²) < 4.78 is 5.16. The molecule has 0 aromatic heterocycles. The smallest absolute Gasteiger partial charge is 0.0888 e. The number of allylic oxidation sites excluding steroid dienone is 2. The Kier molecular flexibility index (Phi) is 5.94. The third-order valence-electron chi connectivity index (χ3n) is 1.21. The molecule has 0 amide bonds. The molecule has 0 unspecified atom stereocenters. The normalized spacial score (nSPS) is 8.90. The molecular formula is C9H16O. The molecule has 0 rings (SSSR count). The van der Waals surface area contributed by atoms with Gasteiger partial charge in [0.05, 0.1) is 12.4 Å². The van der Waals surface area contributed by atoms with Gasteiger partial charge in [-0.1, -0.05) is 12.7 Å². The first-order valence-electron chi connectivity index (χ1n) is 3.72. The molecule has 1 nitrogen and oxygen atoms in total. The topological polar surface area (TPSA) is 9.23 Å². The van der Waals surface area contributed by atoms with Crippen molar-refractivity contribution < 1.29 is 4.74 Å². The van der Waals surface area contributed by atoms with Gasteiger partial charge in [0.1, 0.15) is 0 Å². The number of rotatable bonds is 6. The van der Waals surface area contributed by atoms with Crippen molar-refractivity contribution in [1.29, 1.82) is 0 Å². The lowest BCUT2D eigenvalue weighted by molar-refractivity contribution is 0.219. The van der Waals surface area contributed by atoms with E-state index in [0.29, 0.717) is 0 Å². The van der Waals surface area contributed by atoms with Crippen molar-refractivity contribution in [3.8, 4) is 0 Å². The first-order valence-corrected chi connectivity index (χ1v) is 3.72. The molecular weight excluding hydrogens is 124 g/mol. The van der Waals surface area contributed by atoms with Gasteiger partial charge in [-0.05, 0) is 19.8 Å². The van der Waals surface area contributed by atoms with Gasteiger partial charge in [-0.15, -0.1) is 6.58 Å². The average molecular weight is 140 g/mol. The van der Waals surface area contributed by atoms with E-state index in [2.05, 4.69) is 13.2 Å². The van der Waals surface area contributed by atoms with E-state index in [1.54, 1.807) is 0 Å². The van der Waals surface area contributed by atoms with Gasteiger partial charge < -0.3 is 4.74 Å². The Balaban J connectivity index is 3.13. The second-order valence-corrected chi connectivity index (χ2v) is 2.15. The monoisotopic (exact) mass is 140 g/mol. The molecule has 0 radical (unpaired) electrons. The zero-order valence-corrected chi connectivity index (χ0v) is 6.73. The Bertz CT molecular complexity index is 105. The maximum Gasteiger partial charge on any atom is 0.0888 e. The third kappa shape index (κ3) is 5.42. The van der Waals surface area contributed by atoms with Crippen LogP contribution in [0.4, 0.5) is 0 Å². The molecule has 0 aliphatic heterocycles. The molecule has 0 N–H and O–H groups in total. The van der Waals surface area contributed by atoms with Gasteiger partial charge >= 0.3 is 0 Å². The fourth-order valence-electron chi connectivity index (χ4n) is 0.720. The van der Waals surface area contributed by atoms with Crippen molar-refractivity contribution in [3.63, 3.8) is 0 Å². The van der Waals surface area contributed by atoms with Crippen LogP contribution in [0.5, 0.6) is 0 Å². The van der Waals surface area contributed by atoms with Crippen molar-refractivity contribution in [2.75, 3.05) is 6.61 Å². The lowest BCUT2D eigenvalue weighted by Gasteiger charge is -2.04. The van der Waals surface area contributed by atoms with Crippen LogP contribution in [-0.4, -0.2) is 6.61 Å². The van der Waals surface area contributed by atoms with Crippen LogP contribution >= 0.6 is 0 Å². The molecule has 1 heteroatoms. The van der Waals surface area contributed by atoms with Gasteiger partial charge in [0, 0.05) is 6.42 Å². The standard InChI is InChI=1S/C9H16O/c1-4-6-7-8-9(3)10-5-2/h4H,1,3,5-8H2,2H3. The Labute approximate surface area is 63.4 Å². The SMILES string of the molecule is C=CCCCC(=C)OCC. The summed E-state index contributed by atoms with van der Waals surface area (Å²) >= 11 is 0. The van der Waals surface area contributed by atoms with E-state index in [-0.39, 0.29) is 0 Å². The molecule has 0 aliphatic rings. The fraction of sp³-hybridized carbons (Fsp3) is 0.556. The van der Waals surface area contributed by atoms with Crippen LogP contribution in [0.3, 0.4) is 0 Å². The summed E-state index contributed by atoms with van der Waals surface area (Å²) in [6.45, 7) is 10.1. The minimum Gasteiger partial charge on any atom is -0.499 e. The predicted octanol–water partition coefficient (Wildman–Crippen LogP) is 2.89. The summed E-state index contributed by atoms with van der Waals surface area (Å²) in [5.74, 6) is 0.893. The quantitative estimate of drug-likeness (QED) is 0.313. The Hall–Kier alpha value is -0.720. The van der Waals surface area contributed by atoms with Gasteiger partial charge in [-0.2, -0.15) is 0 Å². The molecule has 0 atom stereocenters. The van der Waals surface area contributed by atoms with E-state index >= 15 is 0 Å². The summed E-state index contributed by atoms with van der Waals surface area (Å²) in [6.07, 6.45) is 5.02. The van der Waals surface area contributed by atoms with Crippen LogP contribution in [0, 0.1) is 0 Å². The van der Waals surface area contributed by atoms with Crippen LogP contribution in [0.25, 0.3) is 0 Å². The zero-order chi connectivity index (χ0) is 7.82. The highest BCUT2D eigenvalue weighted by atomic mass is 16.5. The summed E-state index contributed by atoms with van der Waals surface area (Å²) in [6, 6.07) is 0. The summed E-state index contributed by atoms with van der Waals surface area (Å²) in [4.78, 5) is 0. The molecule has 58 valence electrons. The highest BCUT2D eigenvalue weighted by Crippen LogP contribution is 2.05. The van der Waals surface area contributed by atoms with Crippen molar-refractivity contribution in [3.05, 3.63) is 25.0 Å². The molecule has 0 saturated carbocycles. The van der Waals surface area contributed by atoms with Gasteiger partial charge in [0.15, 0.2) is 0 Å². The average Bonchev–Trinajstić information content (AvgIpc) is 1.89. The number of hydrogen-bond donors (Lipinski definition) is 0. The molecule has 0 bridgehead atoms. The lowest BCUT2D eigenvalue weighted by Crippen LogP contribution is -1.89. The summed E-state index contributed by atoms with van der Waals surface area (Å²) in [5, 5.41) is 0. The molecule has 0 aromatic rings. The van der Waals surface area contributed by atoms with Crippen LogP contribution in [-0.2, 0) is 4.74 Å². The van der Waals surface area contributed by atoms with E-state index in [4.69, 9.17) is 4.74 Å².